The lowest BCUT2D eigenvalue weighted by molar-refractivity contribution is -0.141. The van der Waals surface area contributed by atoms with Gasteiger partial charge in [-0.2, -0.15) is 0 Å². The smallest absolute Gasteiger partial charge is 0.305 e. The molecule has 0 fully saturated rings. The van der Waals surface area contributed by atoms with E-state index in [0.717, 1.165) is 16.7 Å². The highest BCUT2D eigenvalue weighted by molar-refractivity contribution is 5.96. The number of pyridine rings is 1. The summed E-state index contributed by atoms with van der Waals surface area (Å²) in [5.41, 5.74) is 4.08. The average Bonchev–Trinajstić information content (AvgIpc) is 2.99. The van der Waals surface area contributed by atoms with Gasteiger partial charge >= 0.3 is 5.97 Å². The molecule has 4 rings (SSSR count). The van der Waals surface area contributed by atoms with E-state index in [2.05, 4.69) is 15.6 Å². The number of rotatable bonds is 9. The first-order chi connectivity index (χ1) is 17.0. The minimum Gasteiger partial charge on any atom is -0.481 e. The fraction of sp³-hybridized carbons (Fsp3) is 0.259. The standard InChI is InChI=1S/C27H28N4O4/c32-25(33)17-24-27(35)31(15-11-19-4-2-1-3-5-19)18-22-7-6-21(16-23(22)30-24)26(34)29-14-10-20-8-12-28-13-9-20/h1-9,12-13,16,24,30H,10-11,14-15,17-18H2,(H,29,34)(H,32,33)/t24-/m1/s1. The highest BCUT2D eigenvalue weighted by Gasteiger charge is 2.31. The van der Waals surface area contributed by atoms with Crippen LogP contribution >= 0.6 is 0 Å². The monoisotopic (exact) mass is 472 g/mol. The molecule has 2 aromatic carbocycles. The molecule has 1 aliphatic rings. The van der Waals surface area contributed by atoms with Gasteiger partial charge in [0.15, 0.2) is 0 Å². The molecule has 180 valence electrons. The maximum Gasteiger partial charge on any atom is 0.305 e. The summed E-state index contributed by atoms with van der Waals surface area (Å²) in [6.45, 7) is 1.28. The zero-order valence-corrected chi connectivity index (χ0v) is 19.3. The summed E-state index contributed by atoms with van der Waals surface area (Å²) in [6.07, 6.45) is 4.44. The summed E-state index contributed by atoms with van der Waals surface area (Å²) in [5, 5.41) is 15.4. The largest absolute Gasteiger partial charge is 0.481 e. The number of fused-ring (bicyclic) bond motifs is 1. The van der Waals surface area contributed by atoms with Crippen molar-refractivity contribution in [3.8, 4) is 0 Å². The van der Waals surface area contributed by atoms with E-state index in [1.54, 1.807) is 29.4 Å². The highest BCUT2D eigenvalue weighted by atomic mass is 16.4. The number of anilines is 1. The molecule has 3 aromatic rings. The number of hydrogen-bond acceptors (Lipinski definition) is 5. The molecule has 1 atom stereocenters. The molecule has 0 spiro atoms. The lowest BCUT2D eigenvalue weighted by Crippen LogP contribution is -2.42. The number of carbonyl (C=O) groups excluding carboxylic acids is 2. The quantitative estimate of drug-likeness (QED) is 0.442. The molecule has 0 saturated heterocycles. The normalized spacial score (nSPS) is 15.0. The first-order valence-electron chi connectivity index (χ1n) is 11.6. The van der Waals surface area contributed by atoms with Gasteiger partial charge in [0.2, 0.25) is 5.91 Å². The van der Waals surface area contributed by atoms with Crippen molar-refractivity contribution in [1.82, 2.24) is 15.2 Å². The van der Waals surface area contributed by atoms with Gasteiger partial charge in [0.25, 0.3) is 5.91 Å². The van der Waals surface area contributed by atoms with E-state index in [-0.39, 0.29) is 18.2 Å². The molecule has 8 heteroatoms. The first kappa shape index (κ1) is 23.9. The van der Waals surface area contributed by atoms with Crippen LogP contribution in [0.25, 0.3) is 0 Å². The van der Waals surface area contributed by atoms with E-state index in [0.29, 0.717) is 43.7 Å². The van der Waals surface area contributed by atoms with Gasteiger partial charge in [-0.15, -0.1) is 0 Å². The molecule has 0 aliphatic carbocycles. The number of nitrogens with one attached hydrogen (secondary N) is 2. The summed E-state index contributed by atoms with van der Waals surface area (Å²) < 4.78 is 0. The third-order valence-corrected chi connectivity index (χ3v) is 6.01. The summed E-state index contributed by atoms with van der Waals surface area (Å²) in [5.74, 6) is -1.55. The minimum atomic E-state index is -1.06. The molecule has 3 N–H and O–H groups in total. The van der Waals surface area contributed by atoms with Crippen LogP contribution in [0.15, 0.2) is 73.1 Å². The molecular weight excluding hydrogens is 444 g/mol. The Kier molecular flexibility index (Phi) is 7.72. The predicted molar refractivity (Wildman–Crippen MR) is 132 cm³/mol. The van der Waals surface area contributed by atoms with Crippen molar-refractivity contribution >= 4 is 23.5 Å². The predicted octanol–water partition coefficient (Wildman–Crippen LogP) is 2.89. The van der Waals surface area contributed by atoms with E-state index in [4.69, 9.17) is 0 Å². The number of carboxylic acids is 1. The molecule has 1 aromatic heterocycles. The molecular formula is C27H28N4O4. The molecule has 1 aliphatic heterocycles. The van der Waals surface area contributed by atoms with Crippen LogP contribution in [-0.2, 0) is 29.0 Å². The van der Waals surface area contributed by atoms with Crippen LogP contribution in [0.1, 0.15) is 33.5 Å². The number of amides is 2. The Bertz CT molecular complexity index is 1180. The van der Waals surface area contributed by atoms with Gasteiger partial charge in [0, 0.05) is 43.3 Å². The molecule has 2 amide bonds. The van der Waals surface area contributed by atoms with Crippen LogP contribution < -0.4 is 10.6 Å². The van der Waals surface area contributed by atoms with Gasteiger partial charge in [0.1, 0.15) is 6.04 Å². The SMILES string of the molecule is O=C(O)C[C@H]1Nc2cc(C(=O)NCCc3ccncc3)ccc2CN(CCc2ccccc2)C1=O. The van der Waals surface area contributed by atoms with Crippen molar-refractivity contribution < 1.29 is 19.5 Å². The second-order valence-corrected chi connectivity index (χ2v) is 8.52. The summed E-state index contributed by atoms with van der Waals surface area (Å²) in [6, 6.07) is 18.0. The highest BCUT2D eigenvalue weighted by Crippen LogP contribution is 2.26. The number of carboxylic acid groups (broad SMARTS) is 1. The maximum absolute atomic E-state index is 13.2. The number of aromatic nitrogens is 1. The van der Waals surface area contributed by atoms with Gasteiger partial charge in [-0.3, -0.25) is 19.4 Å². The number of carbonyl (C=O) groups is 3. The number of hydrogen-bond donors (Lipinski definition) is 3. The average molecular weight is 473 g/mol. The summed E-state index contributed by atoms with van der Waals surface area (Å²) in [4.78, 5) is 43.0. The van der Waals surface area contributed by atoms with Gasteiger partial charge in [-0.05, 0) is 53.8 Å². The molecule has 0 bridgehead atoms. The summed E-state index contributed by atoms with van der Waals surface area (Å²) >= 11 is 0. The summed E-state index contributed by atoms with van der Waals surface area (Å²) in [7, 11) is 0. The van der Waals surface area contributed by atoms with Crippen LogP contribution in [0.2, 0.25) is 0 Å². The van der Waals surface area contributed by atoms with Crippen molar-refractivity contribution in [1.29, 1.82) is 0 Å². The third-order valence-electron chi connectivity index (χ3n) is 6.01. The Labute approximate surface area is 204 Å². The minimum absolute atomic E-state index is 0.227. The fourth-order valence-corrected chi connectivity index (χ4v) is 4.13. The Hall–Kier alpha value is -4.20. The number of aliphatic carboxylic acids is 1. The van der Waals surface area contributed by atoms with Crippen LogP contribution in [0.5, 0.6) is 0 Å². The topological polar surface area (TPSA) is 112 Å². The van der Waals surface area contributed by atoms with E-state index >= 15 is 0 Å². The fourth-order valence-electron chi connectivity index (χ4n) is 4.13. The van der Waals surface area contributed by atoms with Gasteiger partial charge in [-0.25, -0.2) is 0 Å². The Balaban J connectivity index is 1.47. The van der Waals surface area contributed by atoms with Crippen LogP contribution in [0, 0.1) is 0 Å². The second kappa shape index (κ2) is 11.3. The Morgan fingerprint density at radius 1 is 1.03 bits per heavy atom. The molecule has 0 saturated carbocycles. The van der Waals surface area contributed by atoms with Crippen LogP contribution in [-0.4, -0.2) is 51.9 Å². The van der Waals surface area contributed by atoms with Crippen LogP contribution in [0.3, 0.4) is 0 Å². The zero-order valence-electron chi connectivity index (χ0n) is 19.3. The van der Waals surface area contributed by atoms with Crippen molar-refractivity contribution in [3.63, 3.8) is 0 Å². The molecule has 8 nitrogen and oxygen atoms in total. The first-order valence-corrected chi connectivity index (χ1v) is 11.6. The van der Waals surface area contributed by atoms with Crippen molar-refractivity contribution in [3.05, 3.63) is 95.3 Å². The van der Waals surface area contributed by atoms with E-state index in [1.165, 1.54) is 0 Å². The van der Waals surface area contributed by atoms with Crippen molar-refractivity contribution in [2.24, 2.45) is 0 Å². The van der Waals surface area contributed by atoms with Crippen molar-refractivity contribution in [2.45, 2.75) is 31.8 Å². The Morgan fingerprint density at radius 2 is 1.77 bits per heavy atom. The van der Waals surface area contributed by atoms with E-state index in [1.807, 2.05) is 48.5 Å². The molecule has 0 radical (unpaired) electrons. The maximum atomic E-state index is 13.2. The Morgan fingerprint density at radius 3 is 2.51 bits per heavy atom. The van der Waals surface area contributed by atoms with E-state index in [9.17, 15) is 19.5 Å². The number of benzene rings is 2. The zero-order chi connectivity index (χ0) is 24.6. The van der Waals surface area contributed by atoms with Crippen molar-refractivity contribution in [2.75, 3.05) is 18.4 Å². The lowest BCUT2D eigenvalue weighted by atomic mass is 10.1. The molecule has 0 unspecified atom stereocenters. The van der Waals surface area contributed by atoms with Gasteiger partial charge in [0.05, 0.1) is 6.42 Å². The van der Waals surface area contributed by atoms with E-state index < -0.39 is 12.0 Å². The van der Waals surface area contributed by atoms with Gasteiger partial charge in [-0.1, -0.05) is 36.4 Å². The third kappa shape index (κ3) is 6.44. The van der Waals surface area contributed by atoms with Gasteiger partial charge < -0.3 is 20.6 Å². The van der Waals surface area contributed by atoms with Crippen LogP contribution in [0.4, 0.5) is 5.69 Å². The lowest BCUT2D eigenvalue weighted by Gasteiger charge is -2.24. The number of nitrogens with zero attached hydrogens (tertiary/aromatic N) is 2. The molecule has 35 heavy (non-hydrogen) atoms. The molecule has 2 heterocycles. The second-order valence-electron chi connectivity index (χ2n) is 8.52.